The predicted octanol–water partition coefficient (Wildman–Crippen LogP) is 1.86. The van der Waals surface area contributed by atoms with Crippen molar-refractivity contribution in [1.29, 1.82) is 0 Å². The smallest absolute Gasteiger partial charge is 0.268 e. The number of hydrogen-bond acceptors (Lipinski definition) is 3. The topological polar surface area (TPSA) is 50.2 Å². The molecule has 2 atom stereocenters. The van der Waals surface area contributed by atoms with Gasteiger partial charge < -0.3 is 9.88 Å². The molecule has 5 heteroatoms. The van der Waals surface area contributed by atoms with Crippen LogP contribution in [-0.4, -0.2) is 45.5 Å². The number of carbonyl (C=O) groups is 1. The van der Waals surface area contributed by atoms with E-state index < -0.39 is 0 Å². The van der Waals surface area contributed by atoms with E-state index in [1.807, 2.05) is 48.4 Å². The van der Waals surface area contributed by atoms with E-state index in [9.17, 15) is 4.79 Å². The highest BCUT2D eigenvalue weighted by Crippen LogP contribution is 2.34. The molecule has 3 aliphatic rings. The normalized spacial score (nSPS) is 28.7. The summed E-state index contributed by atoms with van der Waals surface area (Å²) in [5.41, 5.74) is 1.97. The van der Waals surface area contributed by atoms with Crippen LogP contribution in [0.15, 0.2) is 42.9 Å². The minimum absolute atomic E-state index is 0.0393. The van der Waals surface area contributed by atoms with Gasteiger partial charge in [0.15, 0.2) is 0 Å². The van der Waals surface area contributed by atoms with Gasteiger partial charge in [-0.25, -0.2) is 0 Å². The number of hydrogen-bond donors (Lipinski definition) is 1. The van der Waals surface area contributed by atoms with Gasteiger partial charge in [-0.3, -0.25) is 14.7 Å². The number of piperidine rings is 3. The van der Waals surface area contributed by atoms with Crippen molar-refractivity contribution >= 4 is 5.91 Å². The Kier molecular flexibility index (Phi) is 4.10. The van der Waals surface area contributed by atoms with Crippen LogP contribution in [0.25, 0.3) is 0 Å². The molecule has 3 aliphatic heterocycles. The maximum absolute atomic E-state index is 12.7. The van der Waals surface area contributed by atoms with Gasteiger partial charge in [-0.1, -0.05) is 6.07 Å². The van der Waals surface area contributed by atoms with Crippen molar-refractivity contribution in [2.75, 3.05) is 13.1 Å². The molecule has 3 fully saturated rings. The van der Waals surface area contributed by atoms with E-state index in [0.717, 1.165) is 25.2 Å². The van der Waals surface area contributed by atoms with E-state index in [1.165, 1.54) is 18.4 Å². The standard InChI is InChI=1S/C19H24N4O/c1-22-9-3-5-16(22)19(24)21-18-15-6-10-23(11-7-15)17(18)12-14-4-2-8-20-13-14/h2-5,8-9,13,15,17-18H,6-7,10-12H2,1H3,(H,21,24)/t17-,18-/m1/s1. The molecule has 0 unspecified atom stereocenters. The van der Waals surface area contributed by atoms with Crippen LogP contribution >= 0.6 is 0 Å². The van der Waals surface area contributed by atoms with E-state index in [-0.39, 0.29) is 11.9 Å². The Morgan fingerprint density at radius 1 is 1.29 bits per heavy atom. The first-order chi connectivity index (χ1) is 11.7. The van der Waals surface area contributed by atoms with Crippen LogP contribution in [-0.2, 0) is 13.5 Å². The predicted molar refractivity (Wildman–Crippen MR) is 92.7 cm³/mol. The van der Waals surface area contributed by atoms with Crippen molar-refractivity contribution in [3.8, 4) is 0 Å². The lowest BCUT2D eigenvalue weighted by Crippen LogP contribution is -2.64. The zero-order chi connectivity index (χ0) is 16.5. The zero-order valence-electron chi connectivity index (χ0n) is 14.1. The Bertz CT molecular complexity index is 703. The molecular weight excluding hydrogens is 300 g/mol. The summed E-state index contributed by atoms with van der Waals surface area (Å²) in [4.78, 5) is 19.5. The van der Waals surface area contributed by atoms with Gasteiger partial charge in [0.2, 0.25) is 0 Å². The summed E-state index contributed by atoms with van der Waals surface area (Å²) >= 11 is 0. The first-order valence-corrected chi connectivity index (χ1v) is 8.77. The van der Waals surface area contributed by atoms with E-state index in [2.05, 4.69) is 21.3 Å². The summed E-state index contributed by atoms with van der Waals surface area (Å²) in [6.07, 6.45) is 8.98. The molecular formula is C19H24N4O. The minimum Gasteiger partial charge on any atom is -0.347 e. The molecule has 0 aliphatic carbocycles. The number of rotatable bonds is 4. The summed E-state index contributed by atoms with van der Waals surface area (Å²) in [5, 5.41) is 3.34. The third-order valence-corrected chi connectivity index (χ3v) is 5.61. The summed E-state index contributed by atoms with van der Waals surface area (Å²) in [7, 11) is 1.92. The second-order valence-corrected chi connectivity index (χ2v) is 7.01. The van der Waals surface area contributed by atoms with Gasteiger partial charge in [-0.05, 0) is 62.0 Å². The van der Waals surface area contributed by atoms with Crippen LogP contribution in [0.5, 0.6) is 0 Å². The highest BCUT2D eigenvalue weighted by atomic mass is 16.2. The zero-order valence-corrected chi connectivity index (χ0v) is 14.1. The van der Waals surface area contributed by atoms with Gasteiger partial charge >= 0.3 is 0 Å². The number of aryl methyl sites for hydroxylation is 1. The molecule has 3 saturated heterocycles. The molecule has 2 aromatic heterocycles. The van der Waals surface area contributed by atoms with E-state index in [0.29, 0.717) is 12.0 Å². The van der Waals surface area contributed by atoms with Crippen molar-refractivity contribution in [3.63, 3.8) is 0 Å². The minimum atomic E-state index is 0.0393. The fraction of sp³-hybridized carbons (Fsp3) is 0.474. The first-order valence-electron chi connectivity index (χ1n) is 8.77. The van der Waals surface area contributed by atoms with Gasteiger partial charge in [-0.2, -0.15) is 0 Å². The van der Waals surface area contributed by atoms with Crippen molar-refractivity contribution in [3.05, 3.63) is 54.1 Å². The quantitative estimate of drug-likeness (QED) is 0.934. The van der Waals surface area contributed by atoms with Crippen LogP contribution in [0.1, 0.15) is 28.9 Å². The molecule has 0 spiro atoms. The largest absolute Gasteiger partial charge is 0.347 e. The SMILES string of the molecule is Cn1cccc1C(=O)N[C@@H]1C2CCN(CC2)[C@@H]1Cc1cccnc1. The second kappa shape index (κ2) is 6.40. The summed E-state index contributed by atoms with van der Waals surface area (Å²) in [6.45, 7) is 2.29. The Labute approximate surface area is 142 Å². The Hall–Kier alpha value is -2.14. The molecule has 5 heterocycles. The average Bonchev–Trinajstić information content (AvgIpc) is 3.05. The molecule has 24 heavy (non-hydrogen) atoms. The van der Waals surface area contributed by atoms with E-state index in [1.54, 1.807) is 0 Å². The van der Waals surface area contributed by atoms with Crippen LogP contribution in [0, 0.1) is 5.92 Å². The van der Waals surface area contributed by atoms with Gasteiger partial charge in [-0.15, -0.1) is 0 Å². The highest BCUT2D eigenvalue weighted by Gasteiger charge is 2.42. The van der Waals surface area contributed by atoms with Crippen LogP contribution in [0.2, 0.25) is 0 Å². The maximum Gasteiger partial charge on any atom is 0.268 e. The highest BCUT2D eigenvalue weighted by molar-refractivity contribution is 5.93. The van der Waals surface area contributed by atoms with Gasteiger partial charge in [0, 0.05) is 37.7 Å². The molecule has 2 aromatic rings. The monoisotopic (exact) mass is 324 g/mol. The van der Waals surface area contributed by atoms with Crippen LogP contribution in [0.4, 0.5) is 0 Å². The van der Waals surface area contributed by atoms with Crippen LogP contribution < -0.4 is 5.32 Å². The molecule has 5 rings (SSSR count). The Morgan fingerprint density at radius 3 is 2.79 bits per heavy atom. The van der Waals surface area contributed by atoms with Gasteiger partial charge in [0.25, 0.3) is 5.91 Å². The molecule has 5 nitrogen and oxygen atoms in total. The van der Waals surface area contributed by atoms with Crippen molar-refractivity contribution in [1.82, 2.24) is 19.8 Å². The fourth-order valence-corrected chi connectivity index (χ4v) is 4.30. The third-order valence-electron chi connectivity index (χ3n) is 5.61. The lowest BCUT2D eigenvalue weighted by atomic mass is 9.76. The Morgan fingerprint density at radius 2 is 2.12 bits per heavy atom. The van der Waals surface area contributed by atoms with Crippen molar-refractivity contribution < 1.29 is 4.79 Å². The molecule has 1 N–H and O–H groups in total. The number of pyridine rings is 1. The molecule has 2 bridgehead atoms. The third kappa shape index (κ3) is 2.84. The fourth-order valence-electron chi connectivity index (χ4n) is 4.30. The van der Waals surface area contributed by atoms with Gasteiger partial charge in [0.1, 0.15) is 5.69 Å². The number of fused-ring (bicyclic) bond motifs is 3. The number of aromatic nitrogens is 2. The average molecular weight is 324 g/mol. The van der Waals surface area contributed by atoms with Gasteiger partial charge in [0.05, 0.1) is 0 Å². The summed E-state index contributed by atoms with van der Waals surface area (Å²) in [5.74, 6) is 0.623. The number of amides is 1. The number of carbonyl (C=O) groups excluding carboxylic acids is 1. The summed E-state index contributed by atoms with van der Waals surface area (Å²) < 4.78 is 1.88. The maximum atomic E-state index is 12.7. The van der Waals surface area contributed by atoms with Crippen molar-refractivity contribution in [2.24, 2.45) is 13.0 Å². The molecule has 126 valence electrons. The molecule has 0 aromatic carbocycles. The molecule has 0 saturated carbocycles. The number of nitrogens with zero attached hydrogens (tertiary/aromatic N) is 3. The van der Waals surface area contributed by atoms with Crippen molar-refractivity contribution in [2.45, 2.75) is 31.3 Å². The number of nitrogens with one attached hydrogen (secondary N) is 1. The molecule has 1 amide bonds. The lowest BCUT2D eigenvalue weighted by molar-refractivity contribution is 0.0134. The molecule has 0 radical (unpaired) electrons. The Balaban J connectivity index is 1.54. The summed E-state index contributed by atoms with van der Waals surface area (Å²) in [6, 6.07) is 8.50. The van der Waals surface area contributed by atoms with Crippen LogP contribution in [0.3, 0.4) is 0 Å². The second-order valence-electron chi connectivity index (χ2n) is 7.01. The van der Waals surface area contributed by atoms with E-state index >= 15 is 0 Å². The lowest BCUT2D eigenvalue weighted by Gasteiger charge is -2.51. The van der Waals surface area contributed by atoms with E-state index in [4.69, 9.17) is 0 Å². The first kappa shape index (κ1) is 15.4.